The van der Waals surface area contributed by atoms with Crippen LogP contribution in [0.25, 0.3) is 0 Å². The maximum absolute atomic E-state index is 13.6. The Morgan fingerprint density at radius 3 is 2.44 bits per heavy atom. The first-order valence-corrected chi connectivity index (χ1v) is 12.5. The summed E-state index contributed by atoms with van der Waals surface area (Å²) in [6.45, 7) is 2.13. The van der Waals surface area contributed by atoms with Gasteiger partial charge in [-0.2, -0.15) is 5.10 Å². The van der Waals surface area contributed by atoms with Crippen LogP contribution in [0.1, 0.15) is 60.3 Å². The number of hydrogen-bond acceptors (Lipinski definition) is 4. The summed E-state index contributed by atoms with van der Waals surface area (Å²) in [5, 5.41) is 7.55. The Hall–Kier alpha value is -3.16. The number of amides is 3. The summed E-state index contributed by atoms with van der Waals surface area (Å²) in [6, 6.07) is 9.41. The zero-order valence-corrected chi connectivity index (χ0v) is 19.8. The van der Waals surface area contributed by atoms with Crippen molar-refractivity contribution in [2.24, 2.45) is 18.9 Å². The van der Waals surface area contributed by atoms with Crippen molar-refractivity contribution in [1.29, 1.82) is 0 Å². The fourth-order valence-corrected chi connectivity index (χ4v) is 5.67. The van der Waals surface area contributed by atoms with Gasteiger partial charge in [0.15, 0.2) is 5.69 Å². The number of aryl methyl sites for hydroxylation is 1. The van der Waals surface area contributed by atoms with Crippen molar-refractivity contribution < 1.29 is 14.4 Å². The average molecular weight is 464 g/mol. The molecule has 1 N–H and O–H groups in total. The van der Waals surface area contributed by atoms with E-state index in [9.17, 15) is 14.4 Å². The third-order valence-electron chi connectivity index (χ3n) is 7.58. The van der Waals surface area contributed by atoms with Gasteiger partial charge in [0.05, 0.1) is 5.92 Å². The van der Waals surface area contributed by atoms with E-state index in [0.29, 0.717) is 38.3 Å². The quantitative estimate of drug-likeness (QED) is 0.755. The van der Waals surface area contributed by atoms with Crippen molar-refractivity contribution >= 4 is 23.4 Å². The highest BCUT2D eigenvalue weighted by Crippen LogP contribution is 2.30. The highest BCUT2D eigenvalue weighted by molar-refractivity contribution is 5.96. The zero-order valence-electron chi connectivity index (χ0n) is 19.8. The molecular weight excluding hydrogens is 430 g/mol. The topological polar surface area (TPSA) is 87.5 Å². The number of fused-ring (bicyclic) bond motifs is 1. The van der Waals surface area contributed by atoms with Crippen LogP contribution in [0, 0.1) is 11.8 Å². The minimum Gasteiger partial charge on any atom is -0.338 e. The molecule has 8 nitrogen and oxygen atoms in total. The van der Waals surface area contributed by atoms with E-state index in [1.807, 2.05) is 42.3 Å². The second kappa shape index (κ2) is 9.60. The minimum absolute atomic E-state index is 0.0555. The number of benzene rings is 1. The van der Waals surface area contributed by atoms with Gasteiger partial charge in [-0.05, 0) is 37.8 Å². The molecule has 1 aliphatic carbocycles. The molecular formula is C26H33N5O3. The van der Waals surface area contributed by atoms with Crippen LogP contribution in [-0.4, -0.2) is 56.9 Å². The largest absolute Gasteiger partial charge is 0.338 e. The highest BCUT2D eigenvalue weighted by atomic mass is 16.2. The van der Waals surface area contributed by atoms with Crippen LogP contribution in [-0.2, 0) is 29.6 Å². The lowest BCUT2D eigenvalue weighted by molar-refractivity contribution is -0.136. The predicted molar refractivity (Wildman–Crippen MR) is 128 cm³/mol. The molecule has 0 radical (unpaired) electrons. The minimum atomic E-state index is -0.252. The average Bonchev–Trinajstić information content (AvgIpc) is 3.52. The number of piperidine rings is 1. The van der Waals surface area contributed by atoms with Crippen LogP contribution in [0.15, 0.2) is 30.3 Å². The maximum Gasteiger partial charge on any atom is 0.274 e. The molecule has 2 aromatic rings. The molecule has 0 unspecified atom stereocenters. The first kappa shape index (κ1) is 22.6. The third kappa shape index (κ3) is 4.45. The number of anilines is 1. The Morgan fingerprint density at radius 2 is 1.68 bits per heavy atom. The molecule has 2 fully saturated rings. The Labute approximate surface area is 200 Å². The molecule has 1 atom stereocenters. The molecule has 1 aromatic heterocycles. The van der Waals surface area contributed by atoms with E-state index >= 15 is 0 Å². The van der Waals surface area contributed by atoms with Crippen LogP contribution >= 0.6 is 0 Å². The van der Waals surface area contributed by atoms with Crippen molar-refractivity contribution in [2.45, 2.75) is 51.5 Å². The van der Waals surface area contributed by atoms with E-state index in [-0.39, 0.29) is 29.6 Å². The summed E-state index contributed by atoms with van der Waals surface area (Å²) in [6.07, 6.45) is 6.45. The van der Waals surface area contributed by atoms with Crippen molar-refractivity contribution in [3.8, 4) is 0 Å². The Morgan fingerprint density at radius 1 is 0.941 bits per heavy atom. The van der Waals surface area contributed by atoms with E-state index < -0.39 is 0 Å². The monoisotopic (exact) mass is 463 g/mol. The summed E-state index contributed by atoms with van der Waals surface area (Å²) >= 11 is 0. The molecule has 1 saturated heterocycles. The molecule has 3 heterocycles. The van der Waals surface area contributed by atoms with Crippen LogP contribution in [0.5, 0.6) is 0 Å². The molecule has 1 aromatic carbocycles. The number of aromatic nitrogens is 2. The van der Waals surface area contributed by atoms with Crippen molar-refractivity contribution in [2.75, 3.05) is 25.0 Å². The third-order valence-corrected chi connectivity index (χ3v) is 7.58. The second-order valence-electron chi connectivity index (χ2n) is 9.83. The van der Waals surface area contributed by atoms with Gasteiger partial charge in [-0.15, -0.1) is 0 Å². The fraction of sp³-hybridized carbons (Fsp3) is 0.538. The van der Waals surface area contributed by atoms with Crippen molar-refractivity contribution in [3.05, 3.63) is 47.3 Å². The normalized spacial score (nSPS) is 20.8. The molecule has 0 bridgehead atoms. The van der Waals surface area contributed by atoms with Gasteiger partial charge in [-0.3, -0.25) is 19.1 Å². The van der Waals surface area contributed by atoms with Crippen molar-refractivity contribution in [1.82, 2.24) is 19.6 Å². The number of carbonyl (C=O) groups excluding carboxylic acids is 3. The second-order valence-corrected chi connectivity index (χ2v) is 9.83. The van der Waals surface area contributed by atoms with Crippen LogP contribution in [0.4, 0.5) is 5.69 Å². The van der Waals surface area contributed by atoms with E-state index in [1.165, 1.54) is 0 Å². The highest BCUT2D eigenvalue weighted by Gasteiger charge is 2.36. The molecule has 5 rings (SSSR count). The van der Waals surface area contributed by atoms with Gasteiger partial charge in [-0.25, -0.2) is 0 Å². The number of carbonyl (C=O) groups is 3. The molecule has 3 amide bonds. The lowest BCUT2D eigenvalue weighted by Crippen LogP contribution is -2.44. The number of hydrogen-bond donors (Lipinski definition) is 1. The first-order chi connectivity index (χ1) is 16.5. The number of para-hydroxylation sites is 1. The predicted octanol–water partition coefficient (Wildman–Crippen LogP) is 2.99. The first-order valence-electron chi connectivity index (χ1n) is 12.5. The fourth-order valence-electron chi connectivity index (χ4n) is 5.67. The number of likely N-dealkylation sites (tertiary alicyclic amines) is 1. The Kier molecular flexibility index (Phi) is 6.39. The van der Waals surface area contributed by atoms with Crippen LogP contribution in [0.3, 0.4) is 0 Å². The van der Waals surface area contributed by atoms with Gasteiger partial charge in [0.25, 0.3) is 5.91 Å². The lowest BCUT2D eigenvalue weighted by Gasteiger charge is -2.33. The standard InChI is InChI=1S/C26H33N5O3/c1-29-22-13-15-31(25(33)18-8-5-6-9-18)17-21(22)23(28-29)26(34)30-14-7-10-19(16-30)24(32)27-20-11-3-2-4-12-20/h2-4,11-12,18-19H,5-10,13-17H2,1H3,(H,27,32)/t19-/m0/s1. The molecule has 8 heteroatoms. The van der Waals surface area contributed by atoms with Gasteiger partial charge < -0.3 is 15.1 Å². The van der Waals surface area contributed by atoms with Gasteiger partial charge >= 0.3 is 0 Å². The Balaban J connectivity index is 1.29. The SMILES string of the molecule is Cn1nc(C(=O)N2CCC[C@H](C(=O)Nc3ccccc3)C2)c2c1CCN(C(=O)C1CCCC1)C2. The van der Waals surface area contributed by atoms with Crippen LogP contribution < -0.4 is 5.32 Å². The summed E-state index contributed by atoms with van der Waals surface area (Å²) < 4.78 is 1.80. The molecule has 0 spiro atoms. The van der Waals surface area contributed by atoms with Gasteiger partial charge in [-0.1, -0.05) is 31.0 Å². The van der Waals surface area contributed by atoms with Crippen LogP contribution in [0.2, 0.25) is 0 Å². The summed E-state index contributed by atoms with van der Waals surface area (Å²) in [7, 11) is 1.87. The molecule has 3 aliphatic rings. The smallest absolute Gasteiger partial charge is 0.274 e. The van der Waals surface area contributed by atoms with Crippen molar-refractivity contribution in [3.63, 3.8) is 0 Å². The van der Waals surface area contributed by atoms with E-state index in [0.717, 1.165) is 55.5 Å². The molecule has 180 valence electrons. The maximum atomic E-state index is 13.6. The zero-order chi connectivity index (χ0) is 23.7. The van der Waals surface area contributed by atoms with E-state index in [1.54, 1.807) is 9.58 Å². The lowest BCUT2D eigenvalue weighted by atomic mass is 9.96. The summed E-state index contributed by atoms with van der Waals surface area (Å²) in [5.74, 6) is -0.0911. The number of nitrogens with zero attached hydrogens (tertiary/aromatic N) is 4. The van der Waals surface area contributed by atoms with E-state index in [4.69, 9.17) is 0 Å². The summed E-state index contributed by atoms with van der Waals surface area (Å²) in [5.41, 5.74) is 3.11. The van der Waals surface area contributed by atoms with Gasteiger partial charge in [0.2, 0.25) is 11.8 Å². The van der Waals surface area contributed by atoms with Gasteiger partial charge in [0, 0.05) is 62.5 Å². The molecule has 34 heavy (non-hydrogen) atoms. The molecule has 1 saturated carbocycles. The number of rotatable bonds is 4. The molecule has 2 aliphatic heterocycles. The summed E-state index contributed by atoms with van der Waals surface area (Å²) in [4.78, 5) is 43.1. The Bertz CT molecular complexity index is 1070. The van der Waals surface area contributed by atoms with Gasteiger partial charge in [0.1, 0.15) is 0 Å². The number of nitrogens with one attached hydrogen (secondary N) is 1. The van der Waals surface area contributed by atoms with E-state index in [2.05, 4.69) is 10.4 Å².